The molecule has 15 heavy (non-hydrogen) atoms. The maximum atomic E-state index is 4.55. The highest BCUT2D eigenvalue weighted by atomic mass is 15.7. The largest absolute Gasteiger partial charge is 0.313 e. The lowest BCUT2D eigenvalue weighted by Crippen LogP contribution is -2.49. The van der Waals surface area contributed by atoms with Crippen LogP contribution in [0.3, 0.4) is 0 Å². The van der Waals surface area contributed by atoms with E-state index in [0.717, 1.165) is 31.7 Å². The quantitative estimate of drug-likeness (QED) is 0.734. The SMILES string of the molecule is c1ccc2nn(N3CCNCC3)cc2c1. The van der Waals surface area contributed by atoms with Gasteiger partial charge in [-0.1, -0.05) is 18.2 Å². The third-order valence-electron chi connectivity index (χ3n) is 2.78. The molecule has 0 aliphatic carbocycles. The maximum absolute atomic E-state index is 4.55. The Balaban J connectivity index is 1.96. The molecule has 0 bridgehead atoms. The molecule has 1 N–H and O–H groups in total. The van der Waals surface area contributed by atoms with E-state index in [-0.39, 0.29) is 0 Å². The molecule has 1 aromatic carbocycles. The molecule has 0 atom stereocenters. The number of benzene rings is 1. The van der Waals surface area contributed by atoms with Gasteiger partial charge in [-0.05, 0) is 6.07 Å². The summed E-state index contributed by atoms with van der Waals surface area (Å²) < 4.78 is 0. The fourth-order valence-corrected chi connectivity index (χ4v) is 1.95. The summed E-state index contributed by atoms with van der Waals surface area (Å²) in [5.74, 6) is 0. The molecule has 0 amide bonds. The van der Waals surface area contributed by atoms with E-state index < -0.39 is 0 Å². The monoisotopic (exact) mass is 202 g/mol. The Labute approximate surface area is 88.5 Å². The zero-order valence-corrected chi connectivity index (χ0v) is 8.56. The fourth-order valence-electron chi connectivity index (χ4n) is 1.95. The molecule has 3 rings (SSSR count). The van der Waals surface area contributed by atoms with Crippen LogP contribution in [0, 0.1) is 0 Å². The summed E-state index contributed by atoms with van der Waals surface area (Å²) in [4.78, 5) is 1.98. The molecule has 1 aromatic heterocycles. The molecule has 0 unspecified atom stereocenters. The molecule has 1 fully saturated rings. The molecule has 4 nitrogen and oxygen atoms in total. The summed E-state index contributed by atoms with van der Waals surface area (Å²) in [7, 11) is 0. The van der Waals surface area contributed by atoms with Crippen molar-refractivity contribution in [3.8, 4) is 0 Å². The van der Waals surface area contributed by atoms with Gasteiger partial charge in [0.1, 0.15) is 0 Å². The van der Waals surface area contributed by atoms with Crippen molar-refractivity contribution in [3.63, 3.8) is 0 Å². The molecule has 0 saturated carbocycles. The first-order chi connectivity index (χ1) is 7.43. The van der Waals surface area contributed by atoms with Gasteiger partial charge in [-0.15, -0.1) is 0 Å². The Morgan fingerprint density at radius 3 is 2.73 bits per heavy atom. The lowest BCUT2D eigenvalue weighted by molar-refractivity contribution is 0.463. The molecule has 0 radical (unpaired) electrons. The van der Waals surface area contributed by atoms with Crippen molar-refractivity contribution in [2.45, 2.75) is 0 Å². The van der Waals surface area contributed by atoms with Gasteiger partial charge < -0.3 is 5.32 Å². The van der Waals surface area contributed by atoms with Gasteiger partial charge in [0.25, 0.3) is 0 Å². The highest BCUT2D eigenvalue weighted by Gasteiger charge is 2.10. The van der Waals surface area contributed by atoms with Crippen LogP contribution in [0.1, 0.15) is 0 Å². The van der Waals surface area contributed by atoms with E-state index in [1.165, 1.54) is 5.39 Å². The predicted molar refractivity (Wildman–Crippen MR) is 60.6 cm³/mol. The minimum absolute atomic E-state index is 1.02. The number of piperazine rings is 1. The van der Waals surface area contributed by atoms with Crippen LogP contribution >= 0.6 is 0 Å². The fraction of sp³-hybridized carbons (Fsp3) is 0.364. The second kappa shape index (κ2) is 3.55. The summed E-state index contributed by atoms with van der Waals surface area (Å²) in [6.07, 6.45) is 2.10. The molecule has 2 heterocycles. The van der Waals surface area contributed by atoms with Gasteiger partial charge in [0.15, 0.2) is 0 Å². The second-order valence-corrected chi connectivity index (χ2v) is 3.81. The van der Waals surface area contributed by atoms with E-state index >= 15 is 0 Å². The maximum Gasteiger partial charge on any atom is 0.0944 e. The van der Waals surface area contributed by atoms with Crippen LogP contribution in [-0.2, 0) is 0 Å². The molecule has 78 valence electrons. The molecule has 1 aliphatic heterocycles. The van der Waals surface area contributed by atoms with Crippen LogP contribution in [0.4, 0.5) is 0 Å². The van der Waals surface area contributed by atoms with Crippen LogP contribution in [0.25, 0.3) is 10.9 Å². The first kappa shape index (κ1) is 8.73. The van der Waals surface area contributed by atoms with Crippen LogP contribution < -0.4 is 10.3 Å². The highest BCUT2D eigenvalue weighted by molar-refractivity contribution is 5.77. The van der Waals surface area contributed by atoms with Crippen molar-refractivity contribution in [1.82, 2.24) is 15.2 Å². The number of nitrogens with one attached hydrogen (secondary N) is 1. The highest BCUT2D eigenvalue weighted by Crippen LogP contribution is 2.11. The molecular weight excluding hydrogens is 188 g/mol. The standard InChI is InChI=1S/C11H14N4/c1-2-4-11-10(3-1)9-15(13-11)14-7-5-12-6-8-14/h1-4,9,12H,5-8H2. The average Bonchev–Trinajstić information content (AvgIpc) is 2.74. The molecule has 0 spiro atoms. The zero-order chi connectivity index (χ0) is 10.1. The average molecular weight is 202 g/mol. The number of hydrogen-bond acceptors (Lipinski definition) is 3. The number of nitrogens with zero attached hydrogens (tertiary/aromatic N) is 3. The molecule has 4 heteroatoms. The third-order valence-corrected chi connectivity index (χ3v) is 2.78. The smallest absolute Gasteiger partial charge is 0.0944 e. The number of rotatable bonds is 1. The van der Waals surface area contributed by atoms with Gasteiger partial charge in [0.2, 0.25) is 0 Å². The minimum Gasteiger partial charge on any atom is -0.313 e. The van der Waals surface area contributed by atoms with E-state index in [0.29, 0.717) is 0 Å². The van der Waals surface area contributed by atoms with E-state index in [2.05, 4.69) is 27.7 Å². The second-order valence-electron chi connectivity index (χ2n) is 3.81. The van der Waals surface area contributed by atoms with Crippen molar-refractivity contribution in [2.24, 2.45) is 0 Å². The van der Waals surface area contributed by atoms with Crippen LogP contribution in [0.15, 0.2) is 30.5 Å². The van der Waals surface area contributed by atoms with Crippen molar-refractivity contribution < 1.29 is 0 Å². The van der Waals surface area contributed by atoms with Crippen molar-refractivity contribution in [1.29, 1.82) is 0 Å². The van der Waals surface area contributed by atoms with Crippen LogP contribution in [0.2, 0.25) is 0 Å². The molecule has 2 aromatic rings. The van der Waals surface area contributed by atoms with Gasteiger partial charge in [-0.25, -0.2) is 0 Å². The Morgan fingerprint density at radius 1 is 1.13 bits per heavy atom. The summed E-state index contributed by atoms with van der Waals surface area (Å²) in [5, 5.41) is 11.4. The van der Waals surface area contributed by atoms with Crippen molar-refractivity contribution in [3.05, 3.63) is 30.5 Å². The molecule has 1 saturated heterocycles. The molecular formula is C11H14N4. The Morgan fingerprint density at radius 2 is 1.93 bits per heavy atom. The Kier molecular flexibility index (Phi) is 2.07. The van der Waals surface area contributed by atoms with E-state index in [1.807, 2.05) is 23.0 Å². The third kappa shape index (κ3) is 1.57. The van der Waals surface area contributed by atoms with E-state index in [1.54, 1.807) is 0 Å². The summed E-state index contributed by atoms with van der Waals surface area (Å²) in [5.41, 5.74) is 1.07. The number of hydrogen-bond donors (Lipinski definition) is 1. The van der Waals surface area contributed by atoms with Crippen molar-refractivity contribution >= 4 is 10.9 Å². The summed E-state index contributed by atoms with van der Waals surface area (Å²) in [6.45, 7) is 4.12. The molecule has 1 aliphatic rings. The van der Waals surface area contributed by atoms with Gasteiger partial charge in [0.05, 0.1) is 11.7 Å². The topological polar surface area (TPSA) is 33.1 Å². The number of aromatic nitrogens is 2. The normalized spacial score (nSPS) is 17.2. The van der Waals surface area contributed by atoms with Gasteiger partial charge in [0, 0.05) is 31.6 Å². The summed E-state index contributed by atoms with van der Waals surface area (Å²) >= 11 is 0. The van der Waals surface area contributed by atoms with E-state index in [9.17, 15) is 0 Å². The Hall–Kier alpha value is -1.55. The predicted octanol–water partition coefficient (Wildman–Crippen LogP) is 0.577. The lowest BCUT2D eigenvalue weighted by atomic mass is 10.3. The van der Waals surface area contributed by atoms with Gasteiger partial charge >= 0.3 is 0 Å². The first-order valence-corrected chi connectivity index (χ1v) is 5.34. The van der Waals surface area contributed by atoms with Gasteiger partial charge in [-0.2, -0.15) is 9.89 Å². The van der Waals surface area contributed by atoms with Crippen LogP contribution in [0.5, 0.6) is 0 Å². The first-order valence-electron chi connectivity index (χ1n) is 5.34. The van der Waals surface area contributed by atoms with Gasteiger partial charge in [-0.3, -0.25) is 5.01 Å². The van der Waals surface area contributed by atoms with E-state index in [4.69, 9.17) is 0 Å². The minimum atomic E-state index is 1.02. The summed E-state index contributed by atoms with van der Waals surface area (Å²) in [6, 6.07) is 8.22. The van der Waals surface area contributed by atoms with Crippen molar-refractivity contribution in [2.75, 3.05) is 31.2 Å². The van der Waals surface area contributed by atoms with Crippen LogP contribution in [-0.4, -0.2) is 36.1 Å². The number of fused-ring (bicyclic) bond motifs is 1. The Bertz CT molecular complexity index is 423. The lowest BCUT2D eigenvalue weighted by Gasteiger charge is -2.28. The zero-order valence-electron chi connectivity index (χ0n) is 8.56.